The lowest BCUT2D eigenvalue weighted by molar-refractivity contribution is -0.385. The molecule has 1 heterocycles. The van der Waals surface area contributed by atoms with Crippen LogP contribution in [0.5, 0.6) is 5.75 Å². The van der Waals surface area contributed by atoms with Crippen LogP contribution in [-0.4, -0.2) is 42.6 Å². The summed E-state index contributed by atoms with van der Waals surface area (Å²) >= 11 is 0. The highest BCUT2D eigenvalue weighted by Crippen LogP contribution is 2.29. The predicted octanol–water partition coefficient (Wildman–Crippen LogP) is 2.57. The van der Waals surface area contributed by atoms with Crippen molar-refractivity contribution in [3.05, 3.63) is 33.9 Å². The average Bonchev–Trinajstić information content (AvgIpc) is 3.38. The maximum absolute atomic E-state index is 11.0. The van der Waals surface area contributed by atoms with Gasteiger partial charge < -0.3 is 10.1 Å². The fraction of sp³-hybridized carbons (Fsp3) is 0.647. The van der Waals surface area contributed by atoms with E-state index in [0.717, 1.165) is 43.2 Å². The van der Waals surface area contributed by atoms with Crippen molar-refractivity contribution >= 4 is 5.69 Å². The van der Waals surface area contributed by atoms with Crippen molar-refractivity contribution in [1.82, 2.24) is 10.2 Å². The lowest BCUT2D eigenvalue weighted by Crippen LogP contribution is -2.42. The minimum absolute atomic E-state index is 0.127. The number of piperidine rings is 1. The molecular weight excluding hydrogens is 294 g/mol. The molecule has 3 rings (SSSR count). The van der Waals surface area contributed by atoms with E-state index in [9.17, 15) is 10.1 Å². The molecule has 0 atom stereocenters. The van der Waals surface area contributed by atoms with Gasteiger partial charge in [-0.25, -0.2) is 0 Å². The van der Waals surface area contributed by atoms with Crippen LogP contribution >= 0.6 is 0 Å². The smallest absolute Gasteiger partial charge is 0.270 e. The molecule has 2 aliphatic rings. The minimum atomic E-state index is -0.350. The second kappa shape index (κ2) is 7.27. The van der Waals surface area contributed by atoms with Crippen LogP contribution in [0.2, 0.25) is 0 Å². The third kappa shape index (κ3) is 4.42. The molecule has 126 valence electrons. The molecule has 2 fully saturated rings. The molecule has 1 N–H and O–H groups in total. The van der Waals surface area contributed by atoms with Gasteiger partial charge in [-0.15, -0.1) is 0 Å². The van der Waals surface area contributed by atoms with E-state index in [-0.39, 0.29) is 10.6 Å². The third-order valence-electron chi connectivity index (χ3n) is 4.85. The molecule has 1 aliphatic carbocycles. The van der Waals surface area contributed by atoms with Crippen molar-refractivity contribution in [2.24, 2.45) is 5.92 Å². The predicted molar refractivity (Wildman–Crippen MR) is 88.7 cm³/mol. The summed E-state index contributed by atoms with van der Waals surface area (Å²) in [5.41, 5.74) is 1.02. The molecule has 0 unspecified atom stereocenters. The largest absolute Gasteiger partial charge is 0.496 e. The van der Waals surface area contributed by atoms with Crippen molar-refractivity contribution in [3.8, 4) is 5.75 Å². The summed E-state index contributed by atoms with van der Waals surface area (Å²) < 4.78 is 5.35. The number of nitro benzene ring substituents is 1. The Hall–Kier alpha value is -1.66. The molecule has 1 aliphatic heterocycles. The van der Waals surface area contributed by atoms with Gasteiger partial charge in [0.15, 0.2) is 0 Å². The molecule has 1 aromatic rings. The number of methoxy groups -OCH3 is 1. The number of ether oxygens (including phenoxy) is 1. The van der Waals surface area contributed by atoms with Crippen LogP contribution < -0.4 is 10.1 Å². The first-order valence-corrected chi connectivity index (χ1v) is 8.42. The molecule has 6 nitrogen and oxygen atoms in total. The summed E-state index contributed by atoms with van der Waals surface area (Å²) in [5, 5.41) is 14.6. The van der Waals surface area contributed by atoms with Crippen molar-refractivity contribution in [2.45, 2.75) is 38.3 Å². The summed E-state index contributed by atoms with van der Waals surface area (Å²) in [6.45, 7) is 3.92. The molecule has 0 bridgehead atoms. The van der Waals surface area contributed by atoms with Gasteiger partial charge in [0.05, 0.1) is 12.0 Å². The normalized spacial score (nSPS) is 19.7. The van der Waals surface area contributed by atoms with E-state index in [1.165, 1.54) is 25.5 Å². The molecule has 0 amide bonds. The second-order valence-electron chi connectivity index (χ2n) is 6.66. The molecule has 6 heteroatoms. The highest BCUT2D eigenvalue weighted by molar-refractivity contribution is 5.43. The molecule has 0 radical (unpaired) electrons. The van der Waals surface area contributed by atoms with E-state index in [0.29, 0.717) is 12.6 Å². The van der Waals surface area contributed by atoms with E-state index >= 15 is 0 Å². The molecule has 23 heavy (non-hydrogen) atoms. The first-order chi connectivity index (χ1) is 11.2. The Kier molecular flexibility index (Phi) is 5.13. The van der Waals surface area contributed by atoms with Gasteiger partial charge in [-0.1, -0.05) is 0 Å². The van der Waals surface area contributed by atoms with Gasteiger partial charge in [0.2, 0.25) is 0 Å². The Labute approximate surface area is 137 Å². The SMILES string of the molecule is COc1ccc([N+](=O)[O-])cc1CN1CCC(NCC2CC2)CC1. The first-order valence-electron chi connectivity index (χ1n) is 8.42. The van der Waals surface area contributed by atoms with E-state index < -0.39 is 0 Å². The fourth-order valence-electron chi connectivity index (χ4n) is 3.19. The number of nitrogens with zero attached hydrogens (tertiary/aromatic N) is 2. The number of rotatable bonds is 7. The molecule has 0 aromatic heterocycles. The maximum Gasteiger partial charge on any atom is 0.270 e. The van der Waals surface area contributed by atoms with Crippen LogP contribution in [0.1, 0.15) is 31.2 Å². The Morgan fingerprint density at radius 3 is 2.65 bits per heavy atom. The van der Waals surface area contributed by atoms with Crippen LogP contribution in [0.4, 0.5) is 5.69 Å². The van der Waals surface area contributed by atoms with E-state index in [1.807, 2.05) is 0 Å². The van der Waals surface area contributed by atoms with Crippen LogP contribution in [0, 0.1) is 16.0 Å². The number of nitrogens with one attached hydrogen (secondary N) is 1. The summed E-state index contributed by atoms with van der Waals surface area (Å²) in [4.78, 5) is 13.0. The number of nitro groups is 1. The maximum atomic E-state index is 11.0. The van der Waals surface area contributed by atoms with Gasteiger partial charge in [-0.05, 0) is 57.3 Å². The average molecular weight is 319 g/mol. The topological polar surface area (TPSA) is 67.6 Å². The number of hydrogen-bond acceptors (Lipinski definition) is 5. The first kappa shape index (κ1) is 16.2. The molecular formula is C17H25N3O3. The quantitative estimate of drug-likeness (QED) is 0.618. The summed E-state index contributed by atoms with van der Waals surface area (Å²) in [6, 6.07) is 5.45. The van der Waals surface area contributed by atoms with Crippen molar-refractivity contribution in [1.29, 1.82) is 0 Å². The second-order valence-corrected chi connectivity index (χ2v) is 6.66. The van der Waals surface area contributed by atoms with Crippen LogP contribution in [0.15, 0.2) is 18.2 Å². The Morgan fingerprint density at radius 2 is 2.04 bits per heavy atom. The van der Waals surface area contributed by atoms with Crippen LogP contribution in [0.25, 0.3) is 0 Å². The molecule has 1 saturated carbocycles. The van der Waals surface area contributed by atoms with Crippen LogP contribution in [-0.2, 0) is 6.54 Å². The van der Waals surface area contributed by atoms with Crippen LogP contribution in [0.3, 0.4) is 0 Å². The number of benzene rings is 1. The van der Waals surface area contributed by atoms with Gasteiger partial charge in [-0.2, -0.15) is 0 Å². The van der Waals surface area contributed by atoms with Gasteiger partial charge in [0.25, 0.3) is 5.69 Å². The zero-order valence-electron chi connectivity index (χ0n) is 13.7. The van der Waals surface area contributed by atoms with Crippen molar-refractivity contribution < 1.29 is 9.66 Å². The van der Waals surface area contributed by atoms with Gasteiger partial charge in [0.1, 0.15) is 5.75 Å². The zero-order valence-corrected chi connectivity index (χ0v) is 13.7. The van der Waals surface area contributed by atoms with E-state index in [4.69, 9.17) is 4.74 Å². The Balaban J connectivity index is 1.54. The van der Waals surface area contributed by atoms with Crippen molar-refractivity contribution in [3.63, 3.8) is 0 Å². The summed E-state index contributed by atoms with van der Waals surface area (Å²) in [5.74, 6) is 1.65. The van der Waals surface area contributed by atoms with E-state index in [2.05, 4.69) is 10.2 Å². The fourth-order valence-corrected chi connectivity index (χ4v) is 3.19. The number of non-ortho nitro benzene ring substituents is 1. The zero-order chi connectivity index (χ0) is 16.2. The Bertz CT molecular complexity index is 552. The van der Waals surface area contributed by atoms with Crippen molar-refractivity contribution in [2.75, 3.05) is 26.7 Å². The van der Waals surface area contributed by atoms with E-state index in [1.54, 1.807) is 19.2 Å². The standard InChI is InChI=1S/C17H25N3O3/c1-23-17-5-4-16(20(21)22)10-14(17)12-19-8-6-15(7-9-19)18-11-13-2-3-13/h4-5,10,13,15,18H,2-3,6-9,11-12H2,1H3. The number of likely N-dealkylation sites (tertiary alicyclic amines) is 1. The van der Waals surface area contributed by atoms with Gasteiger partial charge >= 0.3 is 0 Å². The molecule has 0 spiro atoms. The lowest BCUT2D eigenvalue weighted by Gasteiger charge is -2.32. The highest BCUT2D eigenvalue weighted by atomic mass is 16.6. The summed E-state index contributed by atoms with van der Waals surface area (Å²) in [6.07, 6.45) is 5.06. The number of hydrogen-bond donors (Lipinski definition) is 1. The molecule has 1 aromatic carbocycles. The monoisotopic (exact) mass is 319 g/mol. The minimum Gasteiger partial charge on any atom is -0.496 e. The summed E-state index contributed by atoms with van der Waals surface area (Å²) in [7, 11) is 1.61. The third-order valence-corrected chi connectivity index (χ3v) is 4.85. The highest BCUT2D eigenvalue weighted by Gasteiger charge is 2.25. The molecule has 1 saturated heterocycles. The lowest BCUT2D eigenvalue weighted by atomic mass is 10.0. The Morgan fingerprint density at radius 1 is 1.30 bits per heavy atom. The van der Waals surface area contributed by atoms with Gasteiger partial charge in [-0.3, -0.25) is 15.0 Å². The van der Waals surface area contributed by atoms with Gasteiger partial charge in [0, 0.05) is 30.3 Å².